The molecular formula is C12H11N3S. The highest BCUT2D eigenvalue weighted by Crippen LogP contribution is 2.24. The normalized spacial score (nSPS) is 10.2. The minimum atomic E-state index is 0.533. The molecule has 0 aliphatic heterocycles. The van der Waals surface area contributed by atoms with Gasteiger partial charge in [-0.1, -0.05) is 30.5 Å². The average molecular weight is 229 g/mol. The molecule has 3 nitrogen and oxygen atoms in total. The van der Waals surface area contributed by atoms with E-state index in [1.165, 1.54) is 0 Å². The zero-order valence-corrected chi connectivity index (χ0v) is 9.57. The average Bonchev–Trinajstić information content (AvgIpc) is 2.67. The molecule has 0 N–H and O–H groups in total. The molecule has 80 valence electrons. The van der Waals surface area contributed by atoms with Crippen LogP contribution in [0, 0.1) is 11.3 Å². The second-order valence-corrected chi connectivity index (χ2v) is 4.25. The van der Waals surface area contributed by atoms with Crippen molar-refractivity contribution < 1.29 is 0 Å². The Morgan fingerprint density at radius 3 is 3.06 bits per heavy atom. The molecule has 0 saturated heterocycles. The Morgan fingerprint density at radius 2 is 2.31 bits per heavy atom. The lowest BCUT2D eigenvalue weighted by atomic mass is 10.3. The number of imidazole rings is 1. The van der Waals surface area contributed by atoms with Crippen molar-refractivity contribution in [2.24, 2.45) is 0 Å². The molecule has 16 heavy (non-hydrogen) atoms. The first-order chi connectivity index (χ1) is 7.86. The van der Waals surface area contributed by atoms with Gasteiger partial charge in [-0.2, -0.15) is 5.26 Å². The fourth-order valence-electron chi connectivity index (χ4n) is 1.49. The molecule has 4 heteroatoms. The van der Waals surface area contributed by atoms with E-state index in [0.29, 0.717) is 6.42 Å². The number of fused-ring (bicyclic) bond motifs is 1. The molecule has 0 aliphatic rings. The minimum Gasteiger partial charge on any atom is -0.295 e. The van der Waals surface area contributed by atoms with Crippen molar-refractivity contribution in [2.75, 3.05) is 5.75 Å². The zero-order chi connectivity index (χ0) is 11.4. The summed E-state index contributed by atoms with van der Waals surface area (Å²) in [6.45, 7) is 3.79. The number of hydrogen-bond donors (Lipinski definition) is 0. The predicted molar refractivity (Wildman–Crippen MR) is 67.1 cm³/mol. The van der Waals surface area contributed by atoms with Crippen molar-refractivity contribution in [3.8, 4) is 6.07 Å². The smallest absolute Gasteiger partial charge is 0.173 e. The summed E-state index contributed by atoms with van der Waals surface area (Å²) in [7, 11) is 0. The first-order valence-corrected chi connectivity index (χ1v) is 5.94. The Kier molecular flexibility index (Phi) is 3.28. The Balaban J connectivity index is 2.37. The lowest BCUT2D eigenvalue weighted by Crippen LogP contribution is -1.89. The van der Waals surface area contributed by atoms with Gasteiger partial charge in [0.05, 0.1) is 17.1 Å². The molecule has 0 fully saturated rings. The summed E-state index contributed by atoms with van der Waals surface area (Å²) in [5.74, 6) is 0.758. The minimum absolute atomic E-state index is 0.533. The largest absolute Gasteiger partial charge is 0.295 e. The first-order valence-electron chi connectivity index (χ1n) is 4.96. The molecule has 1 aromatic carbocycles. The number of hydrogen-bond acceptors (Lipinski definition) is 3. The van der Waals surface area contributed by atoms with E-state index in [9.17, 15) is 0 Å². The summed E-state index contributed by atoms with van der Waals surface area (Å²) >= 11 is 1.58. The number of nitrogens with zero attached hydrogens (tertiary/aromatic N) is 3. The number of rotatable bonds is 4. The second-order valence-electron chi connectivity index (χ2n) is 3.19. The van der Waals surface area contributed by atoms with Gasteiger partial charge < -0.3 is 0 Å². The molecule has 0 spiro atoms. The van der Waals surface area contributed by atoms with Gasteiger partial charge in [0.1, 0.15) is 0 Å². The molecule has 2 rings (SSSR count). The van der Waals surface area contributed by atoms with Crippen LogP contribution in [0.3, 0.4) is 0 Å². The third kappa shape index (κ3) is 1.95. The van der Waals surface area contributed by atoms with Crippen LogP contribution in [0.15, 0.2) is 36.0 Å². The van der Waals surface area contributed by atoms with Crippen molar-refractivity contribution in [2.45, 2.75) is 11.6 Å². The summed E-state index contributed by atoms with van der Waals surface area (Å²) < 4.78 is 1.96. The highest BCUT2D eigenvalue weighted by Gasteiger charge is 2.07. The third-order valence-corrected chi connectivity index (χ3v) is 3.15. The van der Waals surface area contributed by atoms with Gasteiger partial charge in [-0.25, -0.2) is 4.98 Å². The van der Waals surface area contributed by atoms with E-state index in [4.69, 9.17) is 5.26 Å². The summed E-state index contributed by atoms with van der Waals surface area (Å²) in [6.07, 6.45) is 2.29. The second kappa shape index (κ2) is 4.86. The Hall–Kier alpha value is -1.73. The predicted octanol–water partition coefficient (Wildman–Crippen LogP) is 3.14. The van der Waals surface area contributed by atoms with Crippen LogP contribution in [0.25, 0.3) is 17.2 Å². The van der Waals surface area contributed by atoms with Crippen LogP contribution < -0.4 is 0 Å². The standard InChI is InChI=1S/C12H11N3S/c1-2-15-11-7-4-3-6-10(11)14-12(15)16-9-5-8-13/h2-4,6-7H,1,5,9H2. The lowest BCUT2D eigenvalue weighted by Gasteiger charge is -2.00. The van der Waals surface area contributed by atoms with Crippen molar-refractivity contribution in [3.05, 3.63) is 30.8 Å². The van der Waals surface area contributed by atoms with Gasteiger partial charge in [0.25, 0.3) is 0 Å². The van der Waals surface area contributed by atoms with Gasteiger partial charge in [-0.3, -0.25) is 4.57 Å². The molecule has 1 aromatic heterocycles. The zero-order valence-electron chi connectivity index (χ0n) is 8.76. The summed E-state index contributed by atoms with van der Waals surface area (Å²) in [5.41, 5.74) is 2.01. The Bertz CT molecular complexity index is 551. The molecule has 0 amide bonds. The van der Waals surface area contributed by atoms with Crippen LogP contribution in [0.4, 0.5) is 0 Å². The SMILES string of the molecule is C=Cn1c(SCCC#N)nc2ccccc21. The van der Waals surface area contributed by atoms with Crippen LogP contribution in [-0.4, -0.2) is 15.3 Å². The van der Waals surface area contributed by atoms with Gasteiger partial charge in [0, 0.05) is 18.4 Å². The topological polar surface area (TPSA) is 41.6 Å². The van der Waals surface area contributed by atoms with Crippen LogP contribution in [0.2, 0.25) is 0 Å². The number of benzene rings is 1. The van der Waals surface area contributed by atoms with E-state index >= 15 is 0 Å². The fourth-order valence-corrected chi connectivity index (χ4v) is 2.34. The lowest BCUT2D eigenvalue weighted by molar-refractivity contribution is 0.966. The van der Waals surface area contributed by atoms with E-state index in [0.717, 1.165) is 21.9 Å². The molecular weight excluding hydrogens is 218 g/mol. The van der Waals surface area contributed by atoms with Crippen molar-refractivity contribution in [3.63, 3.8) is 0 Å². The third-order valence-electron chi connectivity index (χ3n) is 2.19. The monoisotopic (exact) mass is 229 g/mol. The molecule has 2 aromatic rings. The maximum absolute atomic E-state index is 8.50. The quantitative estimate of drug-likeness (QED) is 0.597. The van der Waals surface area contributed by atoms with E-state index in [1.807, 2.05) is 28.8 Å². The molecule has 0 unspecified atom stereocenters. The van der Waals surface area contributed by atoms with E-state index in [1.54, 1.807) is 18.0 Å². The fraction of sp³-hybridized carbons (Fsp3) is 0.167. The molecule has 0 atom stereocenters. The summed E-state index contributed by atoms with van der Waals surface area (Å²) in [6, 6.07) is 10.1. The van der Waals surface area contributed by atoms with Crippen LogP contribution in [0.5, 0.6) is 0 Å². The molecule has 0 saturated carbocycles. The van der Waals surface area contributed by atoms with Crippen LogP contribution in [-0.2, 0) is 0 Å². The van der Waals surface area contributed by atoms with Crippen molar-refractivity contribution >= 4 is 29.0 Å². The number of nitriles is 1. The van der Waals surface area contributed by atoms with E-state index < -0.39 is 0 Å². The Labute approximate surface area is 98.4 Å². The van der Waals surface area contributed by atoms with Gasteiger partial charge >= 0.3 is 0 Å². The van der Waals surface area contributed by atoms with E-state index in [-0.39, 0.29) is 0 Å². The maximum atomic E-state index is 8.50. The van der Waals surface area contributed by atoms with Gasteiger partial charge in [-0.05, 0) is 12.1 Å². The number of thioether (sulfide) groups is 1. The van der Waals surface area contributed by atoms with Gasteiger partial charge in [-0.15, -0.1) is 0 Å². The van der Waals surface area contributed by atoms with Gasteiger partial charge in [0.2, 0.25) is 0 Å². The molecule has 0 radical (unpaired) electrons. The van der Waals surface area contributed by atoms with Crippen LogP contribution >= 0.6 is 11.8 Å². The summed E-state index contributed by atoms with van der Waals surface area (Å²) in [5, 5.41) is 9.39. The Morgan fingerprint density at radius 1 is 1.50 bits per heavy atom. The molecule has 0 aliphatic carbocycles. The first kappa shape index (κ1) is 10.8. The van der Waals surface area contributed by atoms with Crippen LogP contribution in [0.1, 0.15) is 6.42 Å². The van der Waals surface area contributed by atoms with Gasteiger partial charge in [0.15, 0.2) is 5.16 Å². The highest BCUT2D eigenvalue weighted by molar-refractivity contribution is 7.99. The van der Waals surface area contributed by atoms with Crippen molar-refractivity contribution in [1.29, 1.82) is 5.26 Å². The summed E-state index contributed by atoms with van der Waals surface area (Å²) in [4.78, 5) is 4.50. The number of para-hydroxylation sites is 2. The number of aromatic nitrogens is 2. The van der Waals surface area contributed by atoms with E-state index in [2.05, 4.69) is 17.6 Å². The maximum Gasteiger partial charge on any atom is 0.173 e. The van der Waals surface area contributed by atoms with Crippen molar-refractivity contribution in [1.82, 2.24) is 9.55 Å². The molecule has 1 heterocycles. The molecule has 0 bridgehead atoms. The highest BCUT2D eigenvalue weighted by atomic mass is 32.2.